The lowest BCUT2D eigenvalue weighted by Crippen LogP contribution is -2.37. The van der Waals surface area contributed by atoms with Crippen LogP contribution < -0.4 is 5.32 Å². The zero-order valence-electron chi connectivity index (χ0n) is 8.80. The molecule has 0 spiro atoms. The molecule has 1 aliphatic carbocycles. The molecular weight excluding hydrogens is 176 g/mol. The molecule has 1 N–H and O–H groups in total. The summed E-state index contributed by atoms with van der Waals surface area (Å²) in [5.74, 6) is 0.355. The molecule has 3 heteroatoms. The molecule has 0 aromatic heterocycles. The third-order valence-corrected chi connectivity index (χ3v) is 3.31. The van der Waals surface area contributed by atoms with E-state index in [9.17, 15) is 4.79 Å². The van der Waals surface area contributed by atoms with Gasteiger partial charge in [-0.25, -0.2) is 0 Å². The van der Waals surface area contributed by atoms with Gasteiger partial charge in [0.15, 0.2) is 0 Å². The van der Waals surface area contributed by atoms with Crippen molar-refractivity contribution in [3.63, 3.8) is 0 Å². The lowest BCUT2D eigenvalue weighted by molar-refractivity contribution is -0.127. The minimum Gasteiger partial charge on any atom is -0.343 e. The fourth-order valence-corrected chi connectivity index (χ4v) is 2.13. The van der Waals surface area contributed by atoms with E-state index < -0.39 is 0 Å². The Balaban J connectivity index is 1.51. The second-order valence-corrected chi connectivity index (χ2v) is 4.42. The summed E-state index contributed by atoms with van der Waals surface area (Å²) in [5, 5.41) is 3.52. The zero-order chi connectivity index (χ0) is 9.80. The van der Waals surface area contributed by atoms with Crippen LogP contribution in [0.25, 0.3) is 0 Å². The topological polar surface area (TPSA) is 32.3 Å². The first-order valence-electron chi connectivity index (χ1n) is 5.87. The van der Waals surface area contributed by atoms with Gasteiger partial charge in [-0.2, -0.15) is 0 Å². The van der Waals surface area contributed by atoms with Crippen molar-refractivity contribution in [1.82, 2.24) is 10.2 Å². The first-order valence-corrected chi connectivity index (χ1v) is 5.87. The van der Waals surface area contributed by atoms with Crippen molar-refractivity contribution in [3.05, 3.63) is 0 Å². The Kier molecular flexibility index (Phi) is 3.40. The van der Waals surface area contributed by atoms with Crippen LogP contribution >= 0.6 is 0 Å². The number of likely N-dealkylation sites (tertiary alicyclic amines) is 1. The Morgan fingerprint density at radius 1 is 1.36 bits per heavy atom. The predicted octanol–water partition coefficient (Wildman–Crippen LogP) is 1.14. The van der Waals surface area contributed by atoms with Gasteiger partial charge in [0.1, 0.15) is 0 Å². The van der Waals surface area contributed by atoms with Crippen molar-refractivity contribution in [2.75, 3.05) is 19.6 Å². The Bertz CT molecular complexity index is 201. The molecule has 2 fully saturated rings. The minimum atomic E-state index is 0.355. The van der Waals surface area contributed by atoms with Gasteiger partial charge in [-0.3, -0.25) is 4.79 Å². The summed E-state index contributed by atoms with van der Waals surface area (Å²) in [6.45, 7) is 3.02. The van der Waals surface area contributed by atoms with Crippen LogP contribution in [0.1, 0.15) is 38.5 Å². The molecule has 0 radical (unpaired) electrons. The van der Waals surface area contributed by atoms with Gasteiger partial charge in [-0.1, -0.05) is 6.42 Å². The van der Waals surface area contributed by atoms with E-state index >= 15 is 0 Å². The molecule has 1 amide bonds. The maximum absolute atomic E-state index is 11.3. The largest absolute Gasteiger partial charge is 0.343 e. The number of nitrogens with one attached hydrogen (secondary N) is 1. The van der Waals surface area contributed by atoms with Crippen LogP contribution in [0, 0.1) is 0 Å². The Morgan fingerprint density at radius 3 is 2.79 bits per heavy atom. The molecular formula is C11H20N2O. The molecule has 0 bridgehead atoms. The molecule has 0 atom stereocenters. The summed E-state index contributed by atoms with van der Waals surface area (Å²) in [6, 6.07) is 0.782. The second kappa shape index (κ2) is 4.78. The van der Waals surface area contributed by atoms with Crippen molar-refractivity contribution < 1.29 is 4.79 Å². The smallest absolute Gasteiger partial charge is 0.222 e. The summed E-state index contributed by atoms with van der Waals surface area (Å²) >= 11 is 0. The SMILES string of the molecule is O=C1CCCN1CCCNC1CCC1. The van der Waals surface area contributed by atoms with Gasteiger partial charge in [0.2, 0.25) is 5.91 Å². The Hall–Kier alpha value is -0.570. The molecule has 0 aromatic carbocycles. The maximum atomic E-state index is 11.3. The molecule has 0 aromatic rings. The summed E-state index contributed by atoms with van der Waals surface area (Å²) in [7, 11) is 0. The highest BCUT2D eigenvalue weighted by Gasteiger charge is 2.19. The average Bonchev–Trinajstić information content (AvgIpc) is 2.48. The Labute approximate surface area is 85.8 Å². The van der Waals surface area contributed by atoms with Crippen LogP contribution in [0.3, 0.4) is 0 Å². The van der Waals surface area contributed by atoms with Gasteiger partial charge >= 0.3 is 0 Å². The van der Waals surface area contributed by atoms with Crippen molar-refractivity contribution in [2.24, 2.45) is 0 Å². The second-order valence-electron chi connectivity index (χ2n) is 4.42. The van der Waals surface area contributed by atoms with Crippen LogP contribution in [-0.4, -0.2) is 36.5 Å². The Morgan fingerprint density at radius 2 is 2.21 bits per heavy atom. The summed E-state index contributed by atoms with van der Waals surface area (Å²) in [5.41, 5.74) is 0. The minimum absolute atomic E-state index is 0.355. The quantitative estimate of drug-likeness (QED) is 0.669. The molecule has 3 nitrogen and oxygen atoms in total. The summed E-state index contributed by atoms with van der Waals surface area (Å²) < 4.78 is 0. The van der Waals surface area contributed by atoms with Crippen LogP contribution in [-0.2, 0) is 4.79 Å². The molecule has 1 heterocycles. The average molecular weight is 196 g/mol. The standard InChI is InChI=1S/C11H20N2O/c14-11-6-2-8-13(11)9-3-7-12-10-4-1-5-10/h10,12H,1-9H2. The molecule has 14 heavy (non-hydrogen) atoms. The highest BCUT2D eigenvalue weighted by Crippen LogP contribution is 2.17. The maximum Gasteiger partial charge on any atom is 0.222 e. The van der Waals surface area contributed by atoms with E-state index in [2.05, 4.69) is 5.32 Å². The fourth-order valence-electron chi connectivity index (χ4n) is 2.13. The number of carbonyl (C=O) groups is 1. The van der Waals surface area contributed by atoms with E-state index in [1.165, 1.54) is 19.3 Å². The predicted molar refractivity (Wildman–Crippen MR) is 56.1 cm³/mol. The van der Waals surface area contributed by atoms with Crippen LogP contribution in [0.5, 0.6) is 0 Å². The molecule has 1 saturated heterocycles. The van der Waals surface area contributed by atoms with Crippen molar-refractivity contribution >= 4 is 5.91 Å². The monoisotopic (exact) mass is 196 g/mol. The van der Waals surface area contributed by atoms with E-state index in [0.717, 1.165) is 44.9 Å². The summed E-state index contributed by atoms with van der Waals surface area (Å²) in [4.78, 5) is 13.3. The van der Waals surface area contributed by atoms with Crippen molar-refractivity contribution in [1.29, 1.82) is 0 Å². The van der Waals surface area contributed by atoms with Gasteiger partial charge in [0, 0.05) is 25.6 Å². The molecule has 2 rings (SSSR count). The number of carbonyl (C=O) groups excluding carboxylic acids is 1. The third-order valence-electron chi connectivity index (χ3n) is 3.31. The molecule has 80 valence electrons. The van der Waals surface area contributed by atoms with E-state index in [0.29, 0.717) is 5.91 Å². The number of nitrogens with zero attached hydrogens (tertiary/aromatic N) is 1. The van der Waals surface area contributed by atoms with Gasteiger partial charge < -0.3 is 10.2 Å². The van der Waals surface area contributed by atoms with Gasteiger partial charge in [-0.15, -0.1) is 0 Å². The molecule has 2 aliphatic rings. The first-order chi connectivity index (χ1) is 6.86. The van der Waals surface area contributed by atoms with Crippen LogP contribution in [0.2, 0.25) is 0 Å². The normalized spacial score (nSPS) is 22.9. The number of amides is 1. The van der Waals surface area contributed by atoms with Crippen LogP contribution in [0.4, 0.5) is 0 Å². The van der Waals surface area contributed by atoms with Gasteiger partial charge in [0.25, 0.3) is 0 Å². The molecule has 0 unspecified atom stereocenters. The third kappa shape index (κ3) is 2.47. The number of hydrogen-bond donors (Lipinski definition) is 1. The van der Waals surface area contributed by atoms with Gasteiger partial charge in [-0.05, 0) is 32.2 Å². The van der Waals surface area contributed by atoms with E-state index in [-0.39, 0.29) is 0 Å². The highest BCUT2D eigenvalue weighted by atomic mass is 16.2. The van der Waals surface area contributed by atoms with E-state index in [1.807, 2.05) is 4.90 Å². The fraction of sp³-hybridized carbons (Fsp3) is 0.909. The molecule has 1 aliphatic heterocycles. The van der Waals surface area contributed by atoms with Crippen LogP contribution in [0.15, 0.2) is 0 Å². The van der Waals surface area contributed by atoms with E-state index in [1.54, 1.807) is 0 Å². The highest BCUT2D eigenvalue weighted by molar-refractivity contribution is 5.77. The summed E-state index contributed by atoms with van der Waals surface area (Å²) in [6.07, 6.45) is 7.04. The van der Waals surface area contributed by atoms with Crippen molar-refractivity contribution in [2.45, 2.75) is 44.6 Å². The molecule has 1 saturated carbocycles. The van der Waals surface area contributed by atoms with Crippen molar-refractivity contribution in [3.8, 4) is 0 Å². The zero-order valence-corrected chi connectivity index (χ0v) is 8.80. The lowest BCUT2D eigenvalue weighted by Gasteiger charge is -2.27. The number of rotatable bonds is 5. The lowest BCUT2D eigenvalue weighted by atomic mass is 9.93. The first kappa shape index (κ1) is 9.97. The number of hydrogen-bond acceptors (Lipinski definition) is 2. The van der Waals surface area contributed by atoms with E-state index in [4.69, 9.17) is 0 Å². The van der Waals surface area contributed by atoms with Gasteiger partial charge in [0.05, 0.1) is 0 Å².